The molecule has 0 unspecified atom stereocenters. The van der Waals surface area contributed by atoms with Gasteiger partial charge in [0.1, 0.15) is 0 Å². The van der Waals surface area contributed by atoms with Gasteiger partial charge in [-0.25, -0.2) is 0 Å². The summed E-state index contributed by atoms with van der Waals surface area (Å²) in [7, 11) is 0. The van der Waals surface area contributed by atoms with Crippen molar-refractivity contribution < 1.29 is 4.79 Å². The Labute approximate surface area is 132 Å². The highest BCUT2D eigenvalue weighted by Gasteiger charge is 2.28. The molecular weight excluding hydrogens is 332 g/mol. The first-order chi connectivity index (χ1) is 10.2. The number of aryl methyl sites for hydroxylation is 1. The largest absolute Gasteiger partial charge is 0.340 e. The van der Waals surface area contributed by atoms with E-state index in [1.165, 1.54) is 5.56 Å². The molecule has 5 nitrogen and oxygen atoms in total. The second kappa shape index (κ2) is 6.39. The minimum Gasteiger partial charge on any atom is -0.340 e. The second-order valence-electron chi connectivity index (χ2n) is 5.22. The van der Waals surface area contributed by atoms with Gasteiger partial charge in [-0.2, -0.15) is 15.0 Å². The molecule has 2 aromatic rings. The first-order valence-electron chi connectivity index (χ1n) is 7.11. The number of hydrogen-bond acceptors (Lipinski definition) is 3. The van der Waals surface area contributed by atoms with Crippen LogP contribution in [-0.4, -0.2) is 38.9 Å². The Kier molecular flexibility index (Phi) is 4.34. The molecule has 0 radical (unpaired) electrons. The smallest absolute Gasteiger partial charge is 0.222 e. The van der Waals surface area contributed by atoms with Crippen LogP contribution in [0.5, 0.6) is 0 Å². The molecule has 3 rings (SSSR count). The first-order valence-corrected chi connectivity index (χ1v) is 7.90. The summed E-state index contributed by atoms with van der Waals surface area (Å²) in [6.45, 7) is 1.50. The Morgan fingerprint density at radius 2 is 2.05 bits per heavy atom. The first kappa shape index (κ1) is 14.3. The topological polar surface area (TPSA) is 51.0 Å². The third-order valence-corrected chi connectivity index (χ3v) is 4.62. The molecule has 1 amide bonds. The summed E-state index contributed by atoms with van der Waals surface area (Å²) in [4.78, 5) is 15.9. The van der Waals surface area contributed by atoms with E-state index >= 15 is 0 Å². The van der Waals surface area contributed by atoms with Crippen LogP contribution >= 0.6 is 15.9 Å². The summed E-state index contributed by atoms with van der Waals surface area (Å²) < 4.78 is 1.07. The average molecular weight is 349 g/mol. The van der Waals surface area contributed by atoms with Gasteiger partial charge in [0.15, 0.2) is 0 Å². The van der Waals surface area contributed by atoms with Gasteiger partial charge in [-0.3, -0.25) is 4.79 Å². The Bertz CT molecular complexity index is 614. The van der Waals surface area contributed by atoms with Crippen molar-refractivity contribution in [3.63, 3.8) is 0 Å². The molecule has 6 heteroatoms. The average Bonchev–Trinajstić information content (AvgIpc) is 3.16. The van der Waals surface area contributed by atoms with Crippen LogP contribution in [0.2, 0.25) is 0 Å². The van der Waals surface area contributed by atoms with Gasteiger partial charge in [0.2, 0.25) is 5.91 Å². The standard InChI is InChI=1S/C15H17BrN4O/c16-14-4-2-1-3-12(14)5-6-15(21)19-10-7-13(11-19)20-17-8-9-18-20/h1-4,8-9,13H,5-7,10-11H2/t13-/m1/s1. The summed E-state index contributed by atoms with van der Waals surface area (Å²) >= 11 is 3.52. The quantitative estimate of drug-likeness (QED) is 0.852. The van der Waals surface area contributed by atoms with Crippen molar-refractivity contribution in [2.24, 2.45) is 0 Å². The zero-order valence-corrected chi connectivity index (χ0v) is 13.2. The van der Waals surface area contributed by atoms with E-state index in [0.717, 1.165) is 23.9 Å². The molecule has 0 aliphatic carbocycles. The van der Waals surface area contributed by atoms with Crippen molar-refractivity contribution in [3.8, 4) is 0 Å². The zero-order chi connectivity index (χ0) is 14.7. The predicted octanol–water partition coefficient (Wildman–Crippen LogP) is 2.45. The highest BCUT2D eigenvalue weighted by molar-refractivity contribution is 9.10. The number of nitrogens with zero attached hydrogens (tertiary/aromatic N) is 4. The lowest BCUT2D eigenvalue weighted by Crippen LogP contribution is -2.29. The van der Waals surface area contributed by atoms with Crippen LogP contribution in [0.1, 0.15) is 24.4 Å². The molecule has 1 aliphatic heterocycles. The molecule has 1 aromatic heterocycles. The van der Waals surface area contributed by atoms with E-state index in [4.69, 9.17) is 0 Å². The Morgan fingerprint density at radius 3 is 2.81 bits per heavy atom. The summed E-state index contributed by atoms with van der Waals surface area (Å²) in [5.74, 6) is 0.209. The maximum atomic E-state index is 12.3. The Hall–Kier alpha value is -1.69. The van der Waals surface area contributed by atoms with Crippen LogP contribution in [-0.2, 0) is 11.2 Å². The third kappa shape index (κ3) is 3.32. The number of hydrogen-bond donors (Lipinski definition) is 0. The molecule has 1 fully saturated rings. The molecule has 2 heterocycles. The SMILES string of the molecule is O=C(CCc1ccccc1Br)N1CC[C@@H](n2nccn2)C1. The van der Waals surface area contributed by atoms with Crippen molar-refractivity contribution in [1.29, 1.82) is 0 Å². The van der Waals surface area contributed by atoms with Crippen LogP contribution in [0.3, 0.4) is 0 Å². The fraction of sp³-hybridized carbons (Fsp3) is 0.400. The number of carbonyl (C=O) groups excluding carboxylic acids is 1. The van der Waals surface area contributed by atoms with E-state index in [2.05, 4.69) is 32.2 Å². The van der Waals surface area contributed by atoms with E-state index in [9.17, 15) is 4.79 Å². The van der Waals surface area contributed by atoms with Crippen molar-refractivity contribution in [2.75, 3.05) is 13.1 Å². The van der Waals surface area contributed by atoms with Gasteiger partial charge >= 0.3 is 0 Å². The van der Waals surface area contributed by atoms with E-state index in [-0.39, 0.29) is 11.9 Å². The maximum Gasteiger partial charge on any atom is 0.222 e. The number of amides is 1. The fourth-order valence-electron chi connectivity index (χ4n) is 2.67. The van der Waals surface area contributed by atoms with E-state index in [0.29, 0.717) is 13.0 Å². The molecule has 0 spiro atoms. The lowest BCUT2D eigenvalue weighted by atomic mass is 10.1. The highest BCUT2D eigenvalue weighted by Crippen LogP contribution is 2.22. The maximum absolute atomic E-state index is 12.3. The van der Waals surface area contributed by atoms with Crippen LogP contribution in [0.4, 0.5) is 0 Å². The zero-order valence-electron chi connectivity index (χ0n) is 11.7. The molecule has 1 aliphatic rings. The number of benzene rings is 1. The normalized spacial score (nSPS) is 18.1. The van der Waals surface area contributed by atoms with Gasteiger partial charge < -0.3 is 4.90 Å². The molecule has 1 aromatic carbocycles. The van der Waals surface area contributed by atoms with E-state index in [1.807, 2.05) is 23.1 Å². The summed E-state index contributed by atoms with van der Waals surface area (Å²) in [5.41, 5.74) is 1.18. The summed E-state index contributed by atoms with van der Waals surface area (Å²) in [5, 5.41) is 8.32. The van der Waals surface area contributed by atoms with E-state index in [1.54, 1.807) is 17.2 Å². The minimum absolute atomic E-state index is 0.209. The van der Waals surface area contributed by atoms with Gasteiger partial charge in [0, 0.05) is 24.0 Å². The third-order valence-electron chi connectivity index (χ3n) is 3.85. The Morgan fingerprint density at radius 1 is 1.29 bits per heavy atom. The molecule has 110 valence electrons. The van der Waals surface area contributed by atoms with Gasteiger partial charge in [-0.1, -0.05) is 34.1 Å². The van der Waals surface area contributed by atoms with Gasteiger partial charge in [-0.05, 0) is 24.5 Å². The monoisotopic (exact) mass is 348 g/mol. The lowest BCUT2D eigenvalue weighted by molar-refractivity contribution is -0.130. The molecule has 0 bridgehead atoms. The van der Waals surface area contributed by atoms with Gasteiger partial charge in [-0.15, -0.1) is 0 Å². The Balaban J connectivity index is 1.54. The van der Waals surface area contributed by atoms with Crippen LogP contribution in [0.15, 0.2) is 41.1 Å². The summed E-state index contributed by atoms with van der Waals surface area (Å²) in [6, 6.07) is 8.26. The van der Waals surface area contributed by atoms with Crippen molar-refractivity contribution >= 4 is 21.8 Å². The van der Waals surface area contributed by atoms with Crippen LogP contribution in [0.25, 0.3) is 0 Å². The number of carbonyl (C=O) groups is 1. The van der Waals surface area contributed by atoms with Gasteiger partial charge in [0.25, 0.3) is 0 Å². The highest BCUT2D eigenvalue weighted by atomic mass is 79.9. The number of halogens is 1. The molecule has 0 N–H and O–H groups in total. The molecule has 1 atom stereocenters. The molecule has 21 heavy (non-hydrogen) atoms. The molecule has 0 saturated carbocycles. The number of aromatic nitrogens is 3. The lowest BCUT2D eigenvalue weighted by Gasteiger charge is -2.16. The number of likely N-dealkylation sites (tertiary alicyclic amines) is 1. The van der Waals surface area contributed by atoms with Crippen LogP contribution < -0.4 is 0 Å². The van der Waals surface area contributed by atoms with Crippen LogP contribution in [0, 0.1) is 0 Å². The van der Waals surface area contributed by atoms with Gasteiger partial charge in [0.05, 0.1) is 18.4 Å². The molecule has 1 saturated heterocycles. The number of rotatable bonds is 4. The fourth-order valence-corrected chi connectivity index (χ4v) is 3.16. The second-order valence-corrected chi connectivity index (χ2v) is 6.08. The van der Waals surface area contributed by atoms with Crippen molar-refractivity contribution in [1.82, 2.24) is 19.9 Å². The summed E-state index contributed by atoms with van der Waals surface area (Å²) in [6.07, 6.45) is 5.59. The van der Waals surface area contributed by atoms with Crippen molar-refractivity contribution in [2.45, 2.75) is 25.3 Å². The minimum atomic E-state index is 0.209. The van der Waals surface area contributed by atoms with E-state index < -0.39 is 0 Å². The predicted molar refractivity (Wildman–Crippen MR) is 82.7 cm³/mol. The van der Waals surface area contributed by atoms with Crippen molar-refractivity contribution in [3.05, 3.63) is 46.7 Å². The molecular formula is C15H17BrN4O.